The summed E-state index contributed by atoms with van der Waals surface area (Å²) in [6.45, 7) is 1.63. The Morgan fingerprint density at radius 3 is 2.10 bits per heavy atom. The molecular formula is C4H11ClFNO2S. The third-order valence-electron chi connectivity index (χ3n) is 0.817. The van der Waals surface area contributed by atoms with E-state index in [0.717, 1.165) is 0 Å². The van der Waals surface area contributed by atoms with Gasteiger partial charge in [0.15, 0.2) is 0 Å². The van der Waals surface area contributed by atoms with Gasteiger partial charge in [-0.15, -0.1) is 16.3 Å². The summed E-state index contributed by atoms with van der Waals surface area (Å²) >= 11 is 0. The summed E-state index contributed by atoms with van der Waals surface area (Å²) in [7, 11) is -4.30. The van der Waals surface area contributed by atoms with E-state index in [-0.39, 0.29) is 24.9 Å². The van der Waals surface area contributed by atoms with Crippen LogP contribution in [0.1, 0.15) is 13.3 Å². The van der Waals surface area contributed by atoms with Crippen LogP contribution in [0.4, 0.5) is 3.89 Å². The molecule has 0 fully saturated rings. The maximum Gasteiger partial charge on any atom is 0.302 e. The van der Waals surface area contributed by atoms with Gasteiger partial charge in [-0.25, -0.2) is 0 Å². The van der Waals surface area contributed by atoms with Crippen molar-refractivity contribution >= 4 is 22.6 Å². The Kier molecular flexibility index (Phi) is 6.22. The molecule has 0 saturated heterocycles. The van der Waals surface area contributed by atoms with Crippen molar-refractivity contribution in [2.75, 3.05) is 5.75 Å². The van der Waals surface area contributed by atoms with E-state index in [4.69, 9.17) is 5.73 Å². The summed E-state index contributed by atoms with van der Waals surface area (Å²) < 4.78 is 31.3. The predicted octanol–water partition coefficient (Wildman–Crippen LogP) is 0.445. The summed E-state index contributed by atoms with van der Waals surface area (Å²) in [6, 6.07) is -0.254. The molecule has 0 saturated carbocycles. The van der Waals surface area contributed by atoms with Crippen LogP contribution in [-0.2, 0) is 10.2 Å². The molecule has 0 aliphatic carbocycles. The van der Waals surface area contributed by atoms with Gasteiger partial charge in [0.1, 0.15) is 0 Å². The Morgan fingerprint density at radius 1 is 1.60 bits per heavy atom. The Bertz CT molecular complexity index is 168. The van der Waals surface area contributed by atoms with Gasteiger partial charge in [0.05, 0.1) is 5.75 Å². The monoisotopic (exact) mass is 191 g/mol. The minimum Gasteiger partial charge on any atom is -0.328 e. The molecule has 0 aromatic rings. The standard InChI is InChI=1S/C4H10FNO2S.ClH/c1-4(6)2-3-9(5,7)8;/h4H,2-3,6H2,1H3;1H. The van der Waals surface area contributed by atoms with E-state index in [0.29, 0.717) is 0 Å². The molecule has 0 bridgehead atoms. The summed E-state index contributed by atoms with van der Waals surface area (Å²) in [5.74, 6) is -0.468. The van der Waals surface area contributed by atoms with Gasteiger partial charge in [-0.05, 0) is 13.3 Å². The molecule has 0 spiro atoms. The van der Waals surface area contributed by atoms with Gasteiger partial charge in [0.25, 0.3) is 0 Å². The van der Waals surface area contributed by atoms with E-state index in [9.17, 15) is 12.3 Å². The first kappa shape index (κ1) is 12.8. The largest absolute Gasteiger partial charge is 0.328 e. The Labute approximate surface area is 66.4 Å². The van der Waals surface area contributed by atoms with Crippen LogP contribution in [-0.4, -0.2) is 20.2 Å². The highest BCUT2D eigenvalue weighted by molar-refractivity contribution is 7.86. The highest BCUT2D eigenvalue weighted by Gasteiger charge is 2.07. The molecular weight excluding hydrogens is 181 g/mol. The molecule has 0 aromatic heterocycles. The molecule has 64 valence electrons. The molecule has 10 heavy (non-hydrogen) atoms. The van der Waals surface area contributed by atoms with E-state index in [1.165, 1.54) is 0 Å². The second kappa shape index (κ2) is 4.87. The fourth-order valence-corrected chi connectivity index (χ4v) is 0.980. The molecule has 0 heterocycles. The van der Waals surface area contributed by atoms with Crippen LogP contribution in [0.15, 0.2) is 0 Å². The second-order valence-electron chi connectivity index (χ2n) is 2.01. The number of hydrogen-bond acceptors (Lipinski definition) is 3. The van der Waals surface area contributed by atoms with Gasteiger partial charge in [0.2, 0.25) is 0 Å². The van der Waals surface area contributed by atoms with Crippen molar-refractivity contribution in [3.8, 4) is 0 Å². The molecule has 0 aliphatic rings. The van der Waals surface area contributed by atoms with Crippen LogP contribution >= 0.6 is 12.4 Å². The zero-order valence-corrected chi connectivity index (χ0v) is 7.21. The minimum absolute atomic E-state index is 0. The van der Waals surface area contributed by atoms with Gasteiger partial charge in [0, 0.05) is 6.04 Å². The first-order valence-corrected chi connectivity index (χ1v) is 4.15. The highest BCUT2D eigenvalue weighted by Crippen LogP contribution is 1.95. The molecule has 0 aromatic carbocycles. The molecule has 2 N–H and O–H groups in total. The average Bonchev–Trinajstić information content (AvgIpc) is 1.59. The number of hydrogen-bond donors (Lipinski definition) is 1. The van der Waals surface area contributed by atoms with Crippen LogP contribution in [0.2, 0.25) is 0 Å². The lowest BCUT2D eigenvalue weighted by molar-refractivity contribution is 0.544. The normalized spacial score (nSPS) is 13.9. The van der Waals surface area contributed by atoms with Crippen molar-refractivity contribution < 1.29 is 12.3 Å². The smallest absolute Gasteiger partial charge is 0.302 e. The molecule has 1 atom stereocenters. The maximum absolute atomic E-state index is 11.7. The molecule has 0 amide bonds. The van der Waals surface area contributed by atoms with Crippen LogP contribution < -0.4 is 5.73 Å². The molecule has 6 heteroatoms. The summed E-state index contributed by atoms with van der Waals surface area (Å²) in [5, 5.41) is 0. The Morgan fingerprint density at radius 2 is 2.00 bits per heavy atom. The summed E-state index contributed by atoms with van der Waals surface area (Å²) in [5.41, 5.74) is 5.17. The van der Waals surface area contributed by atoms with Gasteiger partial charge in [-0.1, -0.05) is 0 Å². The zero-order chi connectivity index (χ0) is 7.49. The van der Waals surface area contributed by atoms with Crippen molar-refractivity contribution in [3.63, 3.8) is 0 Å². The fraction of sp³-hybridized carbons (Fsp3) is 1.00. The SMILES string of the molecule is CC(N)CCS(=O)(=O)F.Cl. The number of rotatable bonds is 3. The molecule has 1 unspecified atom stereocenters. The summed E-state index contributed by atoms with van der Waals surface area (Å²) in [6.07, 6.45) is 0.179. The second-order valence-corrected chi connectivity index (χ2v) is 3.49. The van der Waals surface area contributed by atoms with E-state index in [1.807, 2.05) is 0 Å². The van der Waals surface area contributed by atoms with Crippen LogP contribution in [0.25, 0.3) is 0 Å². The highest BCUT2D eigenvalue weighted by atomic mass is 35.5. The fourth-order valence-electron chi connectivity index (χ4n) is 0.327. The van der Waals surface area contributed by atoms with Crippen molar-refractivity contribution in [1.82, 2.24) is 0 Å². The van der Waals surface area contributed by atoms with E-state index in [1.54, 1.807) is 6.92 Å². The van der Waals surface area contributed by atoms with Crippen LogP contribution in [0.3, 0.4) is 0 Å². The first-order valence-electron chi connectivity index (χ1n) is 2.60. The Hall–Kier alpha value is 0.130. The number of nitrogens with two attached hydrogens (primary N) is 1. The lowest BCUT2D eigenvalue weighted by Gasteiger charge is -1.98. The van der Waals surface area contributed by atoms with E-state index < -0.39 is 16.0 Å². The first-order chi connectivity index (χ1) is 3.92. The average molecular weight is 192 g/mol. The van der Waals surface area contributed by atoms with Crippen LogP contribution in [0.5, 0.6) is 0 Å². The number of halogens is 2. The zero-order valence-electron chi connectivity index (χ0n) is 5.58. The van der Waals surface area contributed by atoms with Crippen molar-refractivity contribution in [2.45, 2.75) is 19.4 Å². The third kappa shape index (κ3) is 11.0. The minimum atomic E-state index is -4.30. The van der Waals surface area contributed by atoms with E-state index in [2.05, 4.69) is 0 Å². The lowest BCUT2D eigenvalue weighted by Crippen LogP contribution is -2.18. The van der Waals surface area contributed by atoms with Gasteiger partial charge < -0.3 is 5.73 Å². The van der Waals surface area contributed by atoms with Gasteiger partial charge in [-0.2, -0.15) is 8.42 Å². The third-order valence-corrected chi connectivity index (χ3v) is 1.54. The van der Waals surface area contributed by atoms with E-state index >= 15 is 0 Å². The predicted molar refractivity (Wildman–Crippen MR) is 40.4 cm³/mol. The summed E-state index contributed by atoms with van der Waals surface area (Å²) in [4.78, 5) is 0. The van der Waals surface area contributed by atoms with Crippen molar-refractivity contribution in [3.05, 3.63) is 0 Å². The molecule has 3 nitrogen and oxygen atoms in total. The molecule has 0 radical (unpaired) electrons. The quantitative estimate of drug-likeness (QED) is 0.659. The molecule has 0 aliphatic heterocycles. The topological polar surface area (TPSA) is 60.2 Å². The van der Waals surface area contributed by atoms with Crippen LogP contribution in [0, 0.1) is 0 Å². The van der Waals surface area contributed by atoms with Gasteiger partial charge >= 0.3 is 10.2 Å². The van der Waals surface area contributed by atoms with Crippen molar-refractivity contribution in [1.29, 1.82) is 0 Å². The van der Waals surface area contributed by atoms with Crippen molar-refractivity contribution in [2.24, 2.45) is 5.73 Å². The lowest BCUT2D eigenvalue weighted by atomic mass is 10.3. The maximum atomic E-state index is 11.7. The Balaban J connectivity index is 0. The molecule has 0 rings (SSSR count). The van der Waals surface area contributed by atoms with Gasteiger partial charge in [-0.3, -0.25) is 0 Å².